The van der Waals surface area contributed by atoms with E-state index in [1.165, 1.54) is 19.3 Å². The van der Waals surface area contributed by atoms with Crippen LogP contribution in [-0.4, -0.2) is 35.3 Å². The van der Waals surface area contributed by atoms with Crippen molar-refractivity contribution in [3.63, 3.8) is 0 Å². The standard InChI is InChI=1S/C22H24N4O3/c27-22(23-15-6-2-1-3-7-15)24-16-8-4-5-14(11-16)21-25-17-12-19-20(13-18(17)26-21)29-10-9-28-19/h4-5,8,11-13,15H,1-3,6-7,9-10H2,(H,25,26)(H2,23,24,27). The van der Waals surface area contributed by atoms with Crippen LogP contribution < -0.4 is 20.1 Å². The molecule has 0 saturated heterocycles. The van der Waals surface area contributed by atoms with E-state index in [1.54, 1.807) is 0 Å². The molecule has 150 valence electrons. The fraction of sp³-hybridized carbons (Fsp3) is 0.364. The van der Waals surface area contributed by atoms with E-state index in [2.05, 4.69) is 20.6 Å². The fourth-order valence-corrected chi connectivity index (χ4v) is 4.03. The van der Waals surface area contributed by atoms with Gasteiger partial charge in [0.2, 0.25) is 0 Å². The Kier molecular flexibility index (Phi) is 4.71. The number of hydrogen-bond acceptors (Lipinski definition) is 4. The van der Waals surface area contributed by atoms with Gasteiger partial charge in [0.15, 0.2) is 11.5 Å². The number of amides is 2. The average molecular weight is 392 g/mol. The van der Waals surface area contributed by atoms with Crippen molar-refractivity contribution >= 4 is 22.8 Å². The van der Waals surface area contributed by atoms with E-state index in [1.807, 2.05) is 36.4 Å². The lowest BCUT2D eigenvalue weighted by atomic mass is 9.96. The molecule has 0 atom stereocenters. The maximum absolute atomic E-state index is 12.3. The molecule has 2 heterocycles. The van der Waals surface area contributed by atoms with Gasteiger partial charge < -0.3 is 25.1 Å². The third kappa shape index (κ3) is 3.85. The number of aromatic amines is 1. The van der Waals surface area contributed by atoms with Crippen LogP contribution in [0.25, 0.3) is 22.4 Å². The van der Waals surface area contributed by atoms with Gasteiger partial charge in [0, 0.05) is 29.4 Å². The smallest absolute Gasteiger partial charge is 0.319 e. The Hall–Kier alpha value is -3.22. The third-order valence-electron chi connectivity index (χ3n) is 5.48. The summed E-state index contributed by atoms with van der Waals surface area (Å²) in [6.07, 6.45) is 5.76. The maximum atomic E-state index is 12.3. The minimum Gasteiger partial charge on any atom is -0.486 e. The lowest BCUT2D eigenvalue weighted by molar-refractivity contribution is 0.172. The summed E-state index contributed by atoms with van der Waals surface area (Å²) in [6.45, 7) is 1.10. The summed E-state index contributed by atoms with van der Waals surface area (Å²) >= 11 is 0. The van der Waals surface area contributed by atoms with E-state index in [0.717, 1.165) is 52.4 Å². The van der Waals surface area contributed by atoms with Crippen LogP contribution in [0.1, 0.15) is 32.1 Å². The van der Waals surface area contributed by atoms with Gasteiger partial charge in [-0.2, -0.15) is 0 Å². The van der Waals surface area contributed by atoms with E-state index in [9.17, 15) is 4.79 Å². The second kappa shape index (κ2) is 7.66. The van der Waals surface area contributed by atoms with Gasteiger partial charge in [-0.15, -0.1) is 0 Å². The van der Waals surface area contributed by atoms with Crippen molar-refractivity contribution in [2.24, 2.45) is 0 Å². The van der Waals surface area contributed by atoms with Crippen LogP contribution in [0.15, 0.2) is 36.4 Å². The molecule has 1 aliphatic carbocycles. The molecule has 2 aliphatic rings. The molecule has 0 spiro atoms. The summed E-state index contributed by atoms with van der Waals surface area (Å²) in [5.74, 6) is 2.18. The highest BCUT2D eigenvalue weighted by atomic mass is 16.6. The number of ether oxygens (including phenoxy) is 2. The Bertz CT molecular complexity index is 997. The fourth-order valence-electron chi connectivity index (χ4n) is 4.03. The Labute approximate surface area is 168 Å². The molecule has 5 rings (SSSR count). The lowest BCUT2D eigenvalue weighted by Gasteiger charge is -2.22. The number of rotatable bonds is 3. The summed E-state index contributed by atoms with van der Waals surface area (Å²) < 4.78 is 11.3. The van der Waals surface area contributed by atoms with Gasteiger partial charge in [-0.25, -0.2) is 9.78 Å². The van der Waals surface area contributed by atoms with E-state index in [0.29, 0.717) is 13.2 Å². The second-order valence-corrected chi connectivity index (χ2v) is 7.61. The number of hydrogen-bond donors (Lipinski definition) is 3. The van der Waals surface area contributed by atoms with Crippen molar-refractivity contribution in [1.29, 1.82) is 0 Å². The van der Waals surface area contributed by atoms with Gasteiger partial charge in [0.05, 0.1) is 11.0 Å². The third-order valence-corrected chi connectivity index (χ3v) is 5.48. The van der Waals surface area contributed by atoms with Crippen molar-refractivity contribution in [2.75, 3.05) is 18.5 Å². The zero-order valence-electron chi connectivity index (χ0n) is 16.2. The first-order valence-corrected chi connectivity index (χ1v) is 10.2. The van der Waals surface area contributed by atoms with Crippen LogP contribution in [0, 0.1) is 0 Å². The van der Waals surface area contributed by atoms with E-state index in [4.69, 9.17) is 9.47 Å². The minimum atomic E-state index is -0.152. The molecule has 1 fully saturated rings. The van der Waals surface area contributed by atoms with Gasteiger partial charge in [-0.05, 0) is 25.0 Å². The van der Waals surface area contributed by atoms with Crippen molar-refractivity contribution in [3.05, 3.63) is 36.4 Å². The number of urea groups is 1. The van der Waals surface area contributed by atoms with Gasteiger partial charge in [-0.1, -0.05) is 31.4 Å². The van der Waals surface area contributed by atoms with Crippen molar-refractivity contribution in [3.8, 4) is 22.9 Å². The number of aromatic nitrogens is 2. The van der Waals surface area contributed by atoms with Crippen LogP contribution in [0.3, 0.4) is 0 Å². The van der Waals surface area contributed by atoms with Crippen LogP contribution in [-0.2, 0) is 0 Å². The van der Waals surface area contributed by atoms with Gasteiger partial charge >= 0.3 is 6.03 Å². The number of nitrogens with zero attached hydrogens (tertiary/aromatic N) is 1. The number of benzene rings is 2. The molecular formula is C22H24N4O3. The van der Waals surface area contributed by atoms with Gasteiger partial charge in [-0.3, -0.25) is 0 Å². The quantitative estimate of drug-likeness (QED) is 0.614. The number of carbonyl (C=O) groups is 1. The van der Waals surface area contributed by atoms with E-state index >= 15 is 0 Å². The van der Waals surface area contributed by atoms with Crippen molar-refractivity contribution in [2.45, 2.75) is 38.1 Å². The lowest BCUT2D eigenvalue weighted by Crippen LogP contribution is -2.39. The molecule has 1 saturated carbocycles. The molecule has 7 nitrogen and oxygen atoms in total. The summed E-state index contributed by atoms with van der Waals surface area (Å²) in [6, 6.07) is 11.6. The highest BCUT2D eigenvalue weighted by molar-refractivity contribution is 5.90. The molecule has 1 aromatic heterocycles. The first-order chi connectivity index (χ1) is 14.2. The Morgan fingerprint density at radius 3 is 2.66 bits per heavy atom. The average Bonchev–Trinajstić information content (AvgIpc) is 3.16. The highest BCUT2D eigenvalue weighted by Gasteiger charge is 2.17. The van der Waals surface area contributed by atoms with Crippen LogP contribution in [0.5, 0.6) is 11.5 Å². The molecule has 2 aromatic carbocycles. The van der Waals surface area contributed by atoms with Crippen molar-refractivity contribution < 1.29 is 14.3 Å². The molecule has 3 N–H and O–H groups in total. The minimum absolute atomic E-state index is 0.152. The Morgan fingerprint density at radius 1 is 1.03 bits per heavy atom. The molecule has 0 unspecified atom stereocenters. The van der Waals surface area contributed by atoms with E-state index in [-0.39, 0.29) is 12.1 Å². The topological polar surface area (TPSA) is 88.3 Å². The SMILES string of the molecule is O=C(Nc1cccc(-c2nc3cc4c(cc3[nH]2)OCCO4)c1)NC1CCCCC1. The molecular weight excluding hydrogens is 368 g/mol. The van der Waals surface area contributed by atoms with Crippen LogP contribution in [0.4, 0.5) is 10.5 Å². The zero-order valence-corrected chi connectivity index (χ0v) is 16.2. The van der Waals surface area contributed by atoms with E-state index < -0.39 is 0 Å². The van der Waals surface area contributed by atoms with Gasteiger partial charge in [0.1, 0.15) is 19.0 Å². The predicted molar refractivity (Wildman–Crippen MR) is 112 cm³/mol. The largest absolute Gasteiger partial charge is 0.486 e. The summed E-state index contributed by atoms with van der Waals surface area (Å²) in [4.78, 5) is 20.4. The molecule has 2 amide bonds. The second-order valence-electron chi connectivity index (χ2n) is 7.61. The molecule has 0 radical (unpaired) electrons. The molecule has 1 aliphatic heterocycles. The first kappa shape index (κ1) is 17.8. The number of imidazole rings is 1. The van der Waals surface area contributed by atoms with Gasteiger partial charge in [0.25, 0.3) is 0 Å². The predicted octanol–water partition coefficient (Wildman–Crippen LogP) is 4.46. The monoisotopic (exact) mass is 392 g/mol. The number of fused-ring (bicyclic) bond motifs is 2. The Balaban J connectivity index is 1.34. The molecule has 3 aromatic rings. The highest BCUT2D eigenvalue weighted by Crippen LogP contribution is 2.35. The molecule has 29 heavy (non-hydrogen) atoms. The van der Waals surface area contributed by atoms with Crippen LogP contribution in [0.2, 0.25) is 0 Å². The normalized spacial score (nSPS) is 16.6. The van der Waals surface area contributed by atoms with Crippen molar-refractivity contribution in [1.82, 2.24) is 15.3 Å². The maximum Gasteiger partial charge on any atom is 0.319 e. The van der Waals surface area contributed by atoms with Crippen LogP contribution >= 0.6 is 0 Å². The molecule has 7 heteroatoms. The number of nitrogens with one attached hydrogen (secondary N) is 3. The summed E-state index contributed by atoms with van der Waals surface area (Å²) in [5.41, 5.74) is 3.34. The number of carbonyl (C=O) groups excluding carboxylic acids is 1. The first-order valence-electron chi connectivity index (χ1n) is 10.2. The number of H-pyrrole nitrogens is 1. The zero-order chi connectivity index (χ0) is 19.6. The molecule has 0 bridgehead atoms. The summed E-state index contributed by atoms with van der Waals surface area (Å²) in [7, 11) is 0. The summed E-state index contributed by atoms with van der Waals surface area (Å²) in [5, 5.41) is 6.02. The number of anilines is 1. The Morgan fingerprint density at radius 2 is 1.83 bits per heavy atom.